The summed E-state index contributed by atoms with van der Waals surface area (Å²) in [5.74, 6) is 0. The van der Waals surface area contributed by atoms with Crippen LogP contribution in [-0.2, 0) is 0 Å². The number of hydrogen-bond acceptors (Lipinski definition) is 0. The van der Waals surface area contributed by atoms with Gasteiger partial charge in [-0.1, -0.05) is 48.1 Å². The Morgan fingerprint density at radius 2 is 2.00 bits per heavy atom. The highest BCUT2D eigenvalue weighted by Gasteiger charge is 1.86. The van der Waals surface area contributed by atoms with Crippen LogP contribution in [0.2, 0.25) is 0 Å². The minimum atomic E-state index is 0.967. The maximum atomic E-state index is 3.70. The van der Waals surface area contributed by atoms with Crippen molar-refractivity contribution in [3.63, 3.8) is 0 Å². The van der Waals surface area contributed by atoms with E-state index in [1.807, 2.05) is 24.3 Å². The first-order valence-electron chi connectivity index (χ1n) is 4.16. The predicted octanol–water partition coefficient (Wildman–Crippen LogP) is 3.67. The van der Waals surface area contributed by atoms with Crippen molar-refractivity contribution in [1.82, 2.24) is 0 Å². The highest BCUT2D eigenvalue weighted by atomic mass is 13.9. The van der Waals surface area contributed by atoms with Crippen molar-refractivity contribution in [2.45, 2.75) is 13.3 Å². The summed E-state index contributed by atoms with van der Waals surface area (Å²) in [4.78, 5) is 0. The number of allylic oxidation sites excluding steroid dienone is 2. The molecule has 0 aliphatic carbocycles. The van der Waals surface area contributed by atoms with E-state index in [1.165, 1.54) is 11.1 Å². The third kappa shape index (κ3) is 2.75. The summed E-state index contributed by atoms with van der Waals surface area (Å²) in [7, 11) is 0. The van der Waals surface area contributed by atoms with Gasteiger partial charge in [-0.3, -0.25) is 0 Å². The molecule has 1 rings (SSSR count). The summed E-state index contributed by atoms with van der Waals surface area (Å²) in [6, 6.07) is 10.3. The van der Waals surface area contributed by atoms with E-state index in [9.17, 15) is 0 Å². The average molecular weight is 158 g/mol. The van der Waals surface area contributed by atoms with Crippen LogP contribution in [-0.4, -0.2) is 0 Å². The van der Waals surface area contributed by atoms with Gasteiger partial charge in [0.2, 0.25) is 0 Å². The Kier molecular flexibility index (Phi) is 3.34. The molecule has 0 saturated heterocycles. The molecule has 0 spiro atoms. The zero-order chi connectivity index (χ0) is 8.81. The fourth-order valence-electron chi connectivity index (χ4n) is 1.12. The predicted molar refractivity (Wildman–Crippen MR) is 54.9 cm³/mol. The summed E-state index contributed by atoms with van der Waals surface area (Å²) in [5, 5.41) is 0. The van der Waals surface area contributed by atoms with Gasteiger partial charge in [-0.15, -0.1) is 6.58 Å². The number of benzene rings is 1. The Bertz CT molecular complexity index is 267. The lowest BCUT2D eigenvalue weighted by molar-refractivity contribution is 1.24. The van der Waals surface area contributed by atoms with E-state index in [1.54, 1.807) is 0 Å². The van der Waals surface area contributed by atoms with Crippen molar-refractivity contribution in [3.8, 4) is 0 Å². The van der Waals surface area contributed by atoms with Crippen LogP contribution >= 0.6 is 0 Å². The molecule has 0 atom stereocenters. The Morgan fingerprint density at radius 3 is 2.58 bits per heavy atom. The lowest BCUT2D eigenvalue weighted by Gasteiger charge is -1.95. The Morgan fingerprint density at radius 1 is 1.33 bits per heavy atom. The van der Waals surface area contributed by atoms with E-state index < -0.39 is 0 Å². The van der Waals surface area contributed by atoms with Crippen molar-refractivity contribution in [2.75, 3.05) is 0 Å². The zero-order valence-corrected chi connectivity index (χ0v) is 7.46. The number of hydrogen-bond donors (Lipinski definition) is 0. The van der Waals surface area contributed by atoms with E-state index in [-0.39, 0.29) is 0 Å². The van der Waals surface area contributed by atoms with E-state index in [0.29, 0.717) is 0 Å². The lowest BCUT2D eigenvalue weighted by atomic mass is 10.1. The van der Waals surface area contributed by atoms with Gasteiger partial charge in [0.1, 0.15) is 0 Å². The zero-order valence-electron chi connectivity index (χ0n) is 7.46. The molecule has 0 heterocycles. The minimum absolute atomic E-state index is 0.967. The van der Waals surface area contributed by atoms with Crippen LogP contribution in [0.1, 0.15) is 18.9 Å². The molecule has 0 amide bonds. The van der Waals surface area contributed by atoms with E-state index in [0.717, 1.165) is 6.42 Å². The molecule has 1 aromatic carbocycles. The van der Waals surface area contributed by atoms with Gasteiger partial charge in [-0.25, -0.2) is 0 Å². The van der Waals surface area contributed by atoms with E-state index in [2.05, 4.69) is 31.7 Å². The molecule has 1 aromatic rings. The molecule has 0 fully saturated rings. The first kappa shape index (κ1) is 8.79. The van der Waals surface area contributed by atoms with Gasteiger partial charge in [0.15, 0.2) is 0 Å². The maximum absolute atomic E-state index is 3.70. The van der Waals surface area contributed by atoms with Crippen molar-refractivity contribution >= 4 is 6.08 Å². The fourth-order valence-corrected chi connectivity index (χ4v) is 1.12. The van der Waals surface area contributed by atoms with Crippen LogP contribution in [0.25, 0.3) is 6.08 Å². The average Bonchev–Trinajstić information content (AvgIpc) is 2.06. The maximum Gasteiger partial charge on any atom is -0.0141 e. The molecule has 0 heteroatoms. The second-order valence-corrected chi connectivity index (χ2v) is 2.89. The normalized spacial score (nSPS) is 11.2. The van der Waals surface area contributed by atoms with Crippen molar-refractivity contribution in [2.24, 2.45) is 0 Å². The van der Waals surface area contributed by atoms with E-state index in [4.69, 9.17) is 0 Å². The van der Waals surface area contributed by atoms with Crippen LogP contribution < -0.4 is 0 Å². The summed E-state index contributed by atoms with van der Waals surface area (Å²) in [6.45, 7) is 5.82. The van der Waals surface area contributed by atoms with Gasteiger partial charge < -0.3 is 0 Å². The molecule has 0 aliphatic rings. The molecule has 0 N–H and O–H groups in total. The summed E-state index contributed by atoms with van der Waals surface area (Å²) < 4.78 is 0. The number of rotatable bonds is 3. The summed E-state index contributed by atoms with van der Waals surface area (Å²) in [5.41, 5.74) is 2.60. The minimum Gasteiger partial charge on any atom is -0.103 e. The van der Waals surface area contributed by atoms with Gasteiger partial charge >= 0.3 is 0 Å². The third-order valence-electron chi connectivity index (χ3n) is 1.68. The lowest BCUT2D eigenvalue weighted by Crippen LogP contribution is -1.74. The van der Waals surface area contributed by atoms with Gasteiger partial charge in [-0.05, 0) is 18.9 Å². The molecule has 0 nitrogen and oxygen atoms in total. The molecule has 12 heavy (non-hydrogen) atoms. The fraction of sp³-hybridized carbons (Fsp3) is 0.167. The van der Waals surface area contributed by atoms with Crippen molar-refractivity contribution in [1.29, 1.82) is 0 Å². The highest BCUT2D eigenvalue weighted by molar-refractivity contribution is 5.52. The highest BCUT2D eigenvalue weighted by Crippen LogP contribution is 2.08. The standard InChI is InChI=1S/C12H14/c1-3-7-11(2)10-12-8-5-4-6-9-12/h3-6,8-10H,1,7H2,2H3/b11-10+. The smallest absolute Gasteiger partial charge is 0.0141 e. The van der Waals surface area contributed by atoms with Gasteiger partial charge in [-0.2, -0.15) is 0 Å². The molecular weight excluding hydrogens is 144 g/mol. The first-order chi connectivity index (χ1) is 5.83. The van der Waals surface area contributed by atoms with Crippen LogP contribution in [0, 0.1) is 0 Å². The second-order valence-electron chi connectivity index (χ2n) is 2.89. The van der Waals surface area contributed by atoms with Crippen molar-refractivity contribution < 1.29 is 0 Å². The SMILES string of the molecule is C=CC/C(C)=C/c1ccccc1. The molecule has 0 aromatic heterocycles. The molecule has 0 aliphatic heterocycles. The molecule has 0 saturated carbocycles. The molecule has 0 bridgehead atoms. The Balaban J connectivity index is 2.74. The Hall–Kier alpha value is -1.30. The van der Waals surface area contributed by atoms with Crippen LogP contribution in [0.4, 0.5) is 0 Å². The first-order valence-corrected chi connectivity index (χ1v) is 4.16. The van der Waals surface area contributed by atoms with Crippen molar-refractivity contribution in [3.05, 3.63) is 54.1 Å². The molecule has 0 unspecified atom stereocenters. The van der Waals surface area contributed by atoms with Crippen LogP contribution in [0.3, 0.4) is 0 Å². The van der Waals surface area contributed by atoms with Gasteiger partial charge in [0.05, 0.1) is 0 Å². The largest absolute Gasteiger partial charge is 0.103 e. The van der Waals surface area contributed by atoms with E-state index >= 15 is 0 Å². The second kappa shape index (κ2) is 4.55. The van der Waals surface area contributed by atoms with Gasteiger partial charge in [0, 0.05) is 0 Å². The molecule has 0 radical (unpaired) electrons. The summed E-state index contributed by atoms with van der Waals surface area (Å²) >= 11 is 0. The Labute approximate surface area is 74.2 Å². The van der Waals surface area contributed by atoms with Gasteiger partial charge in [0.25, 0.3) is 0 Å². The van der Waals surface area contributed by atoms with Crippen LogP contribution in [0.5, 0.6) is 0 Å². The summed E-state index contributed by atoms with van der Waals surface area (Å²) in [6.07, 6.45) is 5.07. The monoisotopic (exact) mass is 158 g/mol. The quantitative estimate of drug-likeness (QED) is 0.589. The molecular formula is C12H14. The third-order valence-corrected chi connectivity index (χ3v) is 1.68. The van der Waals surface area contributed by atoms with Crippen LogP contribution in [0.15, 0.2) is 48.6 Å². The topological polar surface area (TPSA) is 0 Å². The molecule has 62 valence electrons.